The summed E-state index contributed by atoms with van der Waals surface area (Å²) in [5, 5.41) is 5.00. The van der Waals surface area contributed by atoms with E-state index in [1.54, 1.807) is 18.4 Å². The zero-order chi connectivity index (χ0) is 15.4. The van der Waals surface area contributed by atoms with Gasteiger partial charge in [0.1, 0.15) is 6.10 Å². The quantitative estimate of drug-likeness (QED) is 0.806. The summed E-state index contributed by atoms with van der Waals surface area (Å²) in [6, 6.07) is 4.28. The van der Waals surface area contributed by atoms with E-state index in [1.165, 1.54) is 4.88 Å². The molecule has 22 heavy (non-hydrogen) atoms. The first kappa shape index (κ1) is 15.9. The zero-order valence-electron chi connectivity index (χ0n) is 13.0. The van der Waals surface area contributed by atoms with Crippen LogP contribution in [-0.2, 0) is 20.8 Å². The normalized spacial score (nSPS) is 28.5. The van der Waals surface area contributed by atoms with Crippen LogP contribution in [0, 0.1) is 5.92 Å². The van der Waals surface area contributed by atoms with Crippen molar-refractivity contribution in [1.82, 2.24) is 10.2 Å². The van der Waals surface area contributed by atoms with Gasteiger partial charge in [0, 0.05) is 31.6 Å². The van der Waals surface area contributed by atoms with Gasteiger partial charge in [-0.1, -0.05) is 6.07 Å². The molecule has 0 spiro atoms. The summed E-state index contributed by atoms with van der Waals surface area (Å²) in [4.78, 5) is 15.9. The molecule has 2 aliphatic heterocycles. The Labute approximate surface area is 135 Å². The van der Waals surface area contributed by atoms with Crippen molar-refractivity contribution in [3.63, 3.8) is 0 Å². The summed E-state index contributed by atoms with van der Waals surface area (Å²) in [5.41, 5.74) is 0. The predicted octanol–water partition coefficient (Wildman–Crippen LogP) is 1.49. The van der Waals surface area contributed by atoms with E-state index in [4.69, 9.17) is 9.47 Å². The highest BCUT2D eigenvalue weighted by molar-refractivity contribution is 7.09. The van der Waals surface area contributed by atoms with E-state index in [2.05, 4.69) is 27.7 Å². The van der Waals surface area contributed by atoms with Gasteiger partial charge in [0.25, 0.3) is 0 Å². The molecule has 0 saturated carbocycles. The molecule has 0 radical (unpaired) electrons. The highest BCUT2D eigenvalue weighted by atomic mass is 32.1. The lowest BCUT2D eigenvalue weighted by molar-refractivity contribution is -0.133. The Balaban J connectivity index is 1.47. The molecule has 5 nitrogen and oxygen atoms in total. The number of ether oxygens (including phenoxy) is 2. The van der Waals surface area contributed by atoms with Gasteiger partial charge < -0.3 is 14.8 Å². The Hall–Kier alpha value is -0.950. The number of fused-ring (bicyclic) bond motifs is 1. The summed E-state index contributed by atoms with van der Waals surface area (Å²) in [5.74, 6) is 0.536. The molecule has 0 aromatic carbocycles. The Morgan fingerprint density at radius 3 is 3.27 bits per heavy atom. The predicted molar refractivity (Wildman–Crippen MR) is 85.9 cm³/mol. The monoisotopic (exact) mass is 324 g/mol. The lowest BCUT2D eigenvalue weighted by Crippen LogP contribution is -2.42. The second kappa shape index (κ2) is 7.55. The molecule has 0 bridgehead atoms. The third-order valence-corrected chi connectivity index (χ3v) is 5.35. The third kappa shape index (κ3) is 3.87. The SMILES string of the molecule is COCCNC(=O)[C@H]1C[C@@H]2CCN(Cc3cccs3)C[C@H]2O1. The molecule has 3 rings (SSSR count). The minimum Gasteiger partial charge on any atom is -0.383 e. The van der Waals surface area contributed by atoms with E-state index in [9.17, 15) is 4.79 Å². The number of piperidine rings is 1. The van der Waals surface area contributed by atoms with E-state index in [1.807, 2.05) is 0 Å². The Kier molecular flexibility index (Phi) is 5.46. The molecule has 0 aliphatic carbocycles. The number of carbonyl (C=O) groups excluding carboxylic acids is 1. The van der Waals surface area contributed by atoms with E-state index >= 15 is 0 Å². The van der Waals surface area contributed by atoms with Crippen molar-refractivity contribution in [3.8, 4) is 0 Å². The van der Waals surface area contributed by atoms with Gasteiger partial charge in [-0.2, -0.15) is 0 Å². The first-order valence-electron chi connectivity index (χ1n) is 7.93. The fourth-order valence-corrected chi connectivity index (χ4v) is 4.07. The number of amides is 1. The molecule has 2 saturated heterocycles. The van der Waals surface area contributed by atoms with Crippen LogP contribution in [0.15, 0.2) is 17.5 Å². The molecular formula is C16H24N2O3S. The van der Waals surface area contributed by atoms with Crippen molar-refractivity contribution >= 4 is 17.2 Å². The average Bonchev–Trinajstić information content (AvgIpc) is 3.16. The summed E-state index contributed by atoms with van der Waals surface area (Å²) >= 11 is 1.80. The van der Waals surface area contributed by atoms with E-state index < -0.39 is 0 Å². The number of carbonyl (C=O) groups is 1. The Morgan fingerprint density at radius 1 is 1.59 bits per heavy atom. The highest BCUT2D eigenvalue weighted by Gasteiger charge is 2.41. The average molecular weight is 324 g/mol. The number of methoxy groups -OCH3 is 1. The van der Waals surface area contributed by atoms with E-state index in [0.29, 0.717) is 19.1 Å². The molecule has 2 aliphatic rings. The number of likely N-dealkylation sites (tertiary alicyclic amines) is 1. The second-order valence-corrected chi connectivity index (χ2v) is 7.08. The van der Waals surface area contributed by atoms with Crippen molar-refractivity contribution in [2.45, 2.75) is 31.6 Å². The number of nitrogens with one attached hydrogen (secondary N) is 1. The molecular weight excluding hydrogens is 300 g/mol. The lowest BCUT2D eigenvalue weighted by Gasteiger charge is -2.33. The van der Waals surface area contributed by atoms with Gasteiger partial charge in [-0.05, 0) is 36.8 Å². The smallest absolute Gasteiger partial charge is 0.249 e. The lowest BCUT2D eigenvalue weighted by atomic mass is 9.91. The molecule has 1 aromatic heterocycles. The number of hydrogen-bond acceptors (Lipinski definition) is 5. The van der Waals surface area contributed by atoms with Crippen LogP contribution in [0.3, 0.4) is 0 Å². The maximum absolute atomic E-state index is 12.1. The molecule has 122 valence electrons. The van der Waals surface area contributed by atoms with Gasteiger partial charge in [-0.25, -0.2) is 0 Å². The van der Waals surface area contributed by atoms with Gasteiger partial charge in [0.2, 0.25) is 5.91 Å². The molecule has 3 atom stereocenters. The fraction of sp³-hybridized carbons (Fsp3) is 0.688. The van der Waals surface area contributed by atoms with Gasteiger partial charge >= 0.3 is 0 Å². The van der Waals surface area contributed by atoms with Crippen LogP contribution < -0.4 is 5.32 Å². The molecule has 2 fully saturated rings. The minimum absolute atomic E-state index is 0.0104. The maximum atomic E-state index is 12.1. The van der Waals surface area contributed by atoms with Crippen molar-refractivity contribution in [2.75, 3.05) is 33.4 Å². The standard InChI is InChI=1S/C16H24N2O3S/c1-20-7-5-17-16(19)14-9-12-4-6-18(11-15(12)21-14)10-13-3-2-8-22-13/h2-3,8,12,14-15H,4-7,9-11H2,1H3,(H,17,19)/t12-,14+,15+/m0/s1. The molecule has 6 heteroatoms. The minimum atomic E-state index is -0.284. The first-order chi connectivity index (χ1) is 10.8. The number of hydrogen-bond donors (Lipinski definition) is 1. The van der Waals surface area contributed by atoms with Crippen molar-refractivity contribution < 1.29 is 14.3 Å². The Morgan fingerprint density at radius 2 is 2.50 bits per heavy atom. The molecule has 1 amide bonds. The summed E-state index contributed by atoms with van der Waals surface area (Å²) in [6.07, 6.45) is 1.90. The van der Waals surface area contributed by atoms with Crippen LogP contribution in [0.5, 0.6) is 0 Å². The summed E-state index contributed by atoms with van der Waals surface area (Å²) < 4.78 is 11.0. The van der Waals surface area contributed by atoms with Gasteiger partial charge in [-0.3, -0.25) is 9.69 Å². The van der Waals surface area contributed by atoms with Crippen LogP contribution in [0.2, 0.25) is 0 Å². The molecule has 1 N–H and O–H groups in total. The Bertz CT molecular complexity index is 480. The van der Waals surface area contributed by atoms with E-state index in [-0.39, 0.29) is 18.1 Å². The van der Waals surface area contributed by atoms with E-state index in [0.717, 1.165) is 32.5 Å². The van der Waals surface area contributed by atoms with Crippen molar-refractivity contribution in [3.05, 3.63) is 22.4 Å². The van der Waals surface area contributed by atoms with Gasteiger partial charge in [0.15, 0.2) is 0 Å². The van der Waals surface area contributed by atoms with Crippen LogP contribution in [0.1, 0.15) is 17.7 Å². The number of nitrogens with zero attached hydrogens (tertiary/aromatic N) is 1. The molecule has 3 heterocycles. The zero-order valence-corrected chi connectivity index (χ0v) is 13.8. The largest absolute Gasteiger partial charge is 0.383 e. The third-order valence-electron chi connectivity index (χ3n) is 4.49. The number of rotatable bonds is 6. The number of thiophene rings is 1. The molecule has 1 aromatic rings. The summed E-state index contributed by atoms with van der Waals surface area (Å²) in [7, 11) is 1.63. The molecule has 0 unspecified atom stereocenters. The second-order valence-electron chi connectivity index (χ2n) is 6.05. The maximum Gasteiger partial charge on any atom is 0.249 e. The van der Waals surface area contributed by atoms with Crippen LogP contribution in [-0.4, -0.2) is 56.4 Å². The van der Waals surface area contributed by atoms with Crippen molar-refractivity contribution in [1.29, 1.82) is 0 Å². The van der Waals surface area contributed by atoms with Gasteiger partial charge in [0.05, 0.1) is 12.7 Å². The first-order valence-corrected chi connectivity index (χ1v) is 8.81. The fourth-order valence-electron chi connectivity index (χ4n) is 3.32. The van der Waals surface area contributed by atoms with Crippen molar-refractivity contribution in [2.24, 2.45) is 5.92 Å². The highest BCUT2D eigenvalue weighted by Crippen LogP contribution is 2.34. The van der Waals surface area contributed by atoms with Crippen LogP contribution >= 0.6 is 11.3 Å². The van der Waals surface area contributed by atoms with Crippen LogP contribution in [0.4, 0.5) is 0 Å². The topological polar surface area (TPSA) is 50.8 Å². The van der Waals surface area contributed by atoms with Gasteiger partial charge in [-0.15, -0.1) is 11.3 Å². The van der Waals surface area contributed by atoms with Crippen LogP contribution in [0.25, 0.3) is 0 Å². The summed E-state index contributed by atoms with van der Waals surface area (Å²) in [6.45, 7) is 4.12.